The molecule has 0 radical (unpaired) electrons. The Kier molecular flexibility index (Phi) is 6.54. The van der Waals surface area contributed by atoms with E-state index in [0.717, 1.165) is 12.0 Å². The summed E-state index contributed by atoms with van der Waals surface area (Å²) in [6.45, 7) is 10.7. The zero-order valence-electron chi connectivity index (χ0n) is 12.5. The molecule has 1 nitrogen and oxygen atoms in total. The Morgan fingerprint density at radius 1 is 1.06 bits per heavy atom. The molecule has 0 amide bonds. The normalized spacial score (nSPS) is 18.4. The third kappa shape index (κ3) is 7.08. The van der Waals surface area contributed by atoms with E-state index >= 15 is 0 Å². The molecule has 1 aliphatic carbocycles. The van der Waals surface area contributed by atoms with Crippen LogP contribution in [-0.2, 0) is 0 Å². The Morgan fingerprint density at radius 2 is 1.71 bits per heavy atom. The molecule has 17 heavy (non-hydrogen) atoms. The SMILES string of the molecule is CCCCCCCC(CNC1CC1)C(C)(C)C. The molecule has 1 unspecified atom stereocenters. The van der Waals surface area contributed by atoms with Gasteiger partial charge in [0.15, 0.2) is 0 Å². The Morgan fingerprint density at radius 3 is 2.24 bits per heavy atom. The first kappa shape index (κ1) is 15.0. The van der Waals surface area contributed by atoms with Crippen LogP contribution in [0.15, 0.2) is 0 Å². The van der Waals surface area contributed by atoms with Crippen molar-refractivity contribution in [2.45, 2.75) is 85.1 Å². The first-order valence-electron chi connectivity index (χ1n) is 7.77. The van der Waals surface area contributed by atoms with Gasteiger partial charge in [0, 0.05) is 6.04 Å². The molecule has 0 saturated heterocycles. The lowest BCUT2D eigenvalue weighted by Crippen LogP contribution is -2.32. The third-order valence-electron chi connectivity index (χ3n) is 4.11. The maximum Gasteiger partial charge on any atom is 0.00683 e. The van der Waals surface area contributed by atoms with Crippen LogP contribution in [-0.4, -0.2) is 12.6 Å². The van der Waals surface area contributed by atoms with Crippen LogP contribution < -0.4 is 5.32 Å². The molecule has 1 aliphatic rings. The van der Waals surface area contributed by atoms with Gasteiger partial charge in [-0.1, -0.05) is 59.8 Å². The number of rotatable bonds is 9. The summed E-state index contributed by atoms with van der Waals surface area (Å²) in [6, 6.07) is 0.861. The average molecular weight is 239 g/mol. The van der Waals surface area contributed by atoms with Crippen molar-refractivity contribution < 1.29 is 0 Å². The first-order valence-corrected chi connectivity index (χ1v) is 7.77. The lowest BCUT2D eigenvalue weighted by molar-refractivity contribution is 0.212. The summed E-state index contributed by atoms with van der Waals surface area (Å²) in [5.41, 5.74) is 0.465. The molecule has 1 rings (SSSR count). The van der Waals surface area contributed by atoms with Gasteiger partial charge in [-0.3, -0.25) is 0 Å². The molecule has 0 bridgehead atoms. The molecule has 0 spiro atoms. The third-order valence-corrected chi connectivity index (χ3v) is 4.11. The fraction of sp³-hybridized carbons (Fsp3) is 1.00. The van der Waals surface area contributed by atoms with Crippen LogP contribution in [0.2, 0.25) is 0 Å². The molecular weight excluding hydrogens is 206 g/mol. The molecule has 102 valence electrons. The second-order valence-corrected chi connectivity index (χ2v) is 6.95. The summed E-state index contributed by atoms with van der Waals surface area (Å²) < 4.78 is 0. The van der Waals surface area contributed by atoms with Crippen molar-refractivity contribution >= 4 is 0 Å². The van der Waals surface area contributed by atoms with Crippen LogP contribution in [0, 0.1) is 11.3 Å². The Balaban J connectivity index is 2.15. The highest BCUT2D eigenvalue weighted by Crippen LogP contribution is 2.31. The van der Waals surface area contributed by atoms with Crippen LogP contribution in [0.25, 0.3) is 0 Å². The van der Waals surface area contributed by atoms with Gasteiger partial charge in [0.05, 0.1) is 0 Å². The van der Waals surface area contributed by atoms with Crippen molar-refractivity contribution in [3.05, 3.63) is 0 Å². The van der Waals surface area contributed by atoms with E-state index in [4.69, 9.17) is 0 Å². The van der Waals surface area contributed by atoms with Gasteiger partial charge >= 0.3 is 0 Å². The molecular formula is C16H33N. The zero-order chi connectivity index (χ0) is 12.7. The largest absolute Gasteiger partial charge is 0.314 e. The summed E-state index contributed by atoms with van der Waals surface area (Å²) in [5.74, 6) is 0.852. The molecule has 0 heterocycles. The van der Waals surface area contributed by atoms with Gasteiger partial charge in [-0.05, 0) is 37.1 Å². The maximum absolute atomic E-state index is 3.72. The lowest BCUT2D eigenvalue weighted by Gasteiger charge is -2.31. The van der Waals surface area contributed by atoms with Gasteiger partial charge in [-0.2, -0.15) is 0 Å². The molecule has 1 heteroatoms. The van der Waals surface area contributed by atoms with E-state index in [0.29, 0.717) is 5.41 Å². The van der Waals surface area contributed by atoms with Crippen LogP contribution in [0.1, 0.15) is 79.1 Å². The van der Waals surface area contributed by atoms with E-state index in [9.17, 15) is 0 Å². The molecule has 1 fully saturated rings. The lowest BCUT2D eigenvalue weighted by atomic mass is 9.77. The standard InChI is InChI=1S/C16H33N/c1-5-6-7-8-9-10-14(16(2,3)4)13-17-15-11-12-15/h14-15,17H,5-13H2,1-4H3. The van der Waals surface area contributed by atoms with Crippen LogP contribution in [0.5, 0.6) is 0 Å². The first-order chi connectivity index (χ1) is 8.04. The number of hydrogen-bond donors (Lipinski definition) is 1. The molecule has 1 saturated carbocycles. The molecule has 1 atom stereocenters. The van der Waals surface area contributed by atoms with Crippen molar-refractivity contribution in [2.75, 3.05) is 6.54 Å². The van der Waals surface area contributed by atoms with Gasteiger partial charge in [-0.15, -0.1) is 0 Å². The minimum atomic E-state index is 0.465. The minimum Gasteiger partial charge on any atom is -0.314 e. The van der Waals surface area contributed by atoms with E-state index in [1.807, 2.05) is 0 Å². The predicted molar refractivity (Wildman–Crippen MR) is 77.3 cm³/mol. The van der Waals surface area contributed by atoms with Gasteiger partial charge < -0.3 is 5.32 Å². The van der Waals surface area contributed by atoms with Crippen molar-refractivity contribution in [3.8, 4) is 0 Å². The fourth-order valence-electron chi connectivity index (χ4n) is 2.43. The van der Waals surface area contributed by atoms with Crippen molar-refractivity contribution in [3.63, 3.8) is 0 Å². The topological polar surface area (TPSA) is 12.0 Å². The van der Waals surface area contributed by atoms with E-state index in [2.05, 4.69) is 33.0 Å². The predicted octanol–water partition coefficient (Wildman–Crippen LogP) is 4.76. The van der Waals surface area contributed by atoms with Crippen LogP contribution in [0.4, 0.5) is 0 Å². The van der Waals surface area contributed by atoms with E-state index in [1.54, 1.807) is 0 Å². The summed E-state index contributed by atoms with van der Waals surface area (Å²) in [7, 11) is 0. The fourth-order valence-corrected chi connectivity index (χ4v) is 2.43. The van der Waals surface area contributed by atoms with Gasteiger partial charge in [0.1, 0.15) is 0 Å². The minimum absolute atomic E-state index is 0.465. The molecule has 0 aromatic heterocycles. The Hall–Kier alpha value is -0.0400. The summed E-state index contributed by atoms with van der Waals surface area (Å²) in [6.07, 6.45) is 11.3. The summed E-state index contributed by atoms with van der Waals surface area (Å²) in [4.78, 5) is 0. The molecule has 0 aliphatic heterocycles. The summed E-state index contributed by atoms with van der Waals surface area (Å²) in [5, 5.41) is 3.72. The number of nitrogens with one attached hydrogen (secondary N) is 1. The number of hydrogen-bond acceptors (Lipinski definition) is 1. The highest BCUT2D eigenvalue weighted by molar-refractivity contribution is 4.84. The van der Waals surface area contributed by atoms with E-state index < -0.39 is 0 Å². The number of unbranched alkanes of at least 4 members (excludes halogenated alkanes) is 4. The Bertz CT molecular complexity index is 188. The second kappa shape index (κ2) is 7.41. The highest BCUT2D eigenvalue weighted by atomic mass is 14.9. The maximum atomic E-state index is 3.72. The molecule has 1 N–H and O–H groups in total. The van der Waals surface area contributed by atoms with Crippen LogP contribution >= 0.6 is 0 Å². The highest BCUT2D eigenvalue weighted by Gasteiger charge is 2.27. The average Bonchev–Trinajstić information content (AvgIpc) is 3.04. The smallest absolute Gasteiger partial charge is 0.00683 e. The van der Waals surface area contributed by atoms with Crippen molar-refractivity contribution in [2.24, 2.45) is 11.3 Å². The quantitative estimate of drug-likeness (QED) is 0.572. The van der Waals surface area contributed by atoms with E-state index in [-0.39, 0.29) is 0 Å². The van der Waals surface area contributed by atoms with Gasteiger partial charge in [-0.25, -0.2) is 0 Å². The second-order valence-electron chi connectivity index (χ2n) is 6.95. The molecule has 0 aromatic rings. The Labute approximate surface area is 109 Å². The van der Waals surface area contributed by atoms with Gasteiger partial charge in [0.2, 0.25) is 0 Å². The van der Waals surface area contributed by atoms with E-state index in [1.165, 1.54) is 57.9 Å². The van der Waals surface area contributed by atoms with Gasteiger partial charge in [0.25, 0.3) is 0 Å². The van der Waals surface area contributed by atoms with Crippen molar-refractivity contribution in [1.82, 2.24) is 5.32 Å². The van der Waals surface area contributed by atoms with Crippen molar-refractivity contribution in [1.29, 1.82) is 0 Å². The monoisotopic (exact) mass is 239 g/mol. The van der Waals surface area contributed by atoms with Crippen LogP contribution in [0.3, 0.4) is 0 Å². The zero-order valence-corrected chi connectivity index (χ0v) is 12.5. The summed E-state index contributed by atoms with van der Waals surface area (Å²) >= 11 is 0. The molecule has 0 aromatic carbocycles.